The summed E-state index contributed by atoms with van der Waals surface area (Å²) in [6.07, 6.45) is 0. The molecule has 0 radical (unpaired) electrons. The summed E-state index contributed by atoms with van der Waals surface area (Å²) in [6.45, 7) is 1.56. The Bertz CT molecular complexity index is 1000. The van der Waals surface area contributed by atoms with Gasteiger partial charge in [0.1, 0.15) is 11.7 Å². The number of methoxy groups -OCH3 is 1. The number of benzene rings is 2. The van der Waals surface area contributed by atoms with E-state index in [0.29, 0.717) is 11.4 Å². The lowest BCUT2D eigenvalue weighted by molar-refractivity contribution is -0.128. The van der Waals surface area contributed by atoms with Gasteiger partial charge in [-0.3, -0.25) is 9.59 Å². The molecule has 0 saturated carbocycles. The highest BCUT2D eigenvalue weighted by atomic mass is 32.2. The van der Waals surface area contributed by atoms with Crippen LogP contribution in [0.25, 0.3) is 0 Å². The van der Waals surface area contributed by atoms with E-state index in [1.54, 1.807) is 24.3 Å². The van der Waals surface area contributed by atoms with Crippen molar-refractivity contribution in [3.63, 3.8) is 0 Å². The molecule has 142 valence electrons. The molecular formula is C18H19N3O5S. The molecule has 1 aliphatic heterocycles. The molecule has 0 fully saturated rings. The molecule has 1 unspecified atom stereocenters. The fraction of sp³-hybridized carbons (Fsp3) is 0.222. The minimum atomic E-state index is -3.82. The van der Waals surface area contributed by atoms with E-state index >= 15 is 0 Å². The second kappa shape index (κ2) is 7.37. The molecule has 8 nitrogen and oxygen atoms in total. The summed E-state index contributed by atoms with van der Waals surface area (Å²) >= 11 is 0. The topological polar surface area (TPSA) is 114 Å². The Morgan fingerprint density at radius 1 is 1.04 bits per heavy atom. The van der Waals surface area contributed by atoms with E-state index in [2.05, 4.69) is 15.4 Å². The highest BCUT2D eigenvalue weighted by molar-refractivity contribution is 7.89. The number of ether oxygens (including phenoxy) is 1. The average Bonchev–Trinajstić information content (AvgIpc) is 2.76. The third-order valence-corrected chi connectivity index (χ3v) is 5.60. The van der Waals surface area contributed by atoms with E-state index in [9.17, 15) is 18.0 Å². The SMILES string of the molecule is COc1cccc(CNS(=O)(=O)c2ccc3c(c2)NC(=O)C(C)C(=O)N3)c1. The monoisotopic (exact) mass is 389 g/mol. The number of fused-ring (bicyclic) bond motifs is 1. The van der Waals surface area contributed by atoms with E-state index in [4.69, 9.17) is 4.74 Å². The first-order valence-electron chi connectivity index (χ1n) is 8.18. The number of hydrogen-bond acceptors (Lipinski definition) is 5. The zero-order valence-electron chi connectivity index (χ0n) is 14.8. The van der Waals surface area contributed by atoms with Crippen LogP contribution >= 0.6 is 0 Å². The van der Waals surface area contributed by atoms with Gasteiger partial charge >= 0.3 is 0 Å². The molecule has 3 rings (SSSR count). The third kappa shape index (κ3) is 4.09. The summed E-state index contributed by atoms with van der Waals surface area (Å²) in [5, 5.41) is 5.17. The summed E-state index contributed by atoms with van der Waals surface area (Å²) < 4.78 is 32.8. The number of nitrogens with one attached hydrogen (secondary N) is 3. The number of hydrogen-bond donors (Lipinski definition) is 3. The Kier molecular flexibility index (Phi) is 5.15. The van der Waals surface area contributed by atoms with Gasteiger partial charge in [0, 0.05) is 6.54 Å². The molecule has 0 aliphatic carbocycles. The predicted molar refractivity (Wildman–Crippen MR) is 99.9 cm³/mol. The molecule has 0 spiro atoms. The molecule has 0 bridgehead atoms. The van der Waals surface area contributed by atoms with Crippen molar-refractivity contribution in [1.82, 2.24) is 4.72 Å². The van der Waals surface area contributed by atoms with Gasteiger partial charge in [0.05, 0.1) is 23.4 Å². The molecule has 2 amide bonds. The van der Waals surface area contributed by atoms with E-state index in [1.807, 2.05) is 0 Å². The summed E-state index contributed by atoms with van der Waals surface area (Å²) in [5.74, 6) is -1.18. The number of amides is 2. The quantitative estimate of drug-likeness (QED) is 0.674. The maximum absolute atomic E-state index is 12.6. The van der Waals surface area contributed by atoms with E-state index in [0.717, 1.165) is 5.56 Å². The van der Waals surface area contributed by atoms with Gasteiger partial charge in [-0.2, -0.15) is 0 Å². The number of anilines is 2. The summed E-state index contributed by atoms with van der Waals surface area (Å²) in [4.78, 5) is 23.8. The number of sulfonamides is 1. The molecule has 2 aromatic rings. The van der Waals surface area contributed by atoms with Crippen molar-refractivity contribution in [1.29, 1.82) is 0 Å². The number of carbonyl (C=O) groups is 2. The highest BCUT2D eigenvalue weighted by Crippen LogP contribution is 2.29. The van der Waals surface area contributed by atoms with Crippen molar-refractivity contribution in [3.8, 4) is 5.75 Å². The van der Waals surface area contributed by atoms with Crippen molar-refractivity contribution in [2.45, 2.75) is 18.4 Å². The van der Waals surface area contributed by atoms with Crippen molar-refractivity contribution in [3.05, 3.63) is 48.0 Å². The summed E-state index contributed by atoms with van der Waals surface area (Å²) in [5.41, 5.74) is 1.33. The first-order chi connectivity index (χ1) is 12.8. The second-order valence-electron chi connectivity index (χ2n) is 6.08. The Balaban J connectivity index is 1.82. The molecule has 27 heavy (non-hydrogen) atoms. The van der Waals surface area contributed by atoms with Gasteiger partial charge in [0.2, 0.25) is 21.8 Å². The van der Waals surface area contributed by atoms with Gasteiger partial charge in [-0.05, 0) is 42.8 Å². The summed E-state index contributed by atoms with van der Waals surface area (Å²) in [7, 11) is -2.29. The van der Waals surface area contributed by atoms with Crippen LogP contribution in [-0.4, -0.2) is 27.3 Å². The van der Waals surface area contributed by atoms with Crippen molar-refractivity contribution in [2.75, 3.05) is 17.7 Å². The largest absolute Gasteiger partial charge is 0.497 e. The first kappa shape index (κ1) is 18.9. The zero-order valence-corrected chi connectivity index (χ0v) is 15.6. The third-order valence-electron chi connectivity index (χ3n) is 4.20. The Labute approximate surface area is 157 Å². The molecule has 1 atom stereocenters. The highest BCUT2D eigenvalue weighted by Gasteiger charge is 2.27. The molecule has 0 saturated heterocycles. The molecule has 9 heteroatoms. The fourth-order valence-electron chi connectivity index (χ4n) is 2.55. The maximum Gasteiger partial charge on any atom is 0.240 e. The lowest BCUT2D eigenvalue weighted by Crippen LogP contribution is -2.28. The minimum absolute atomic E-state index is 0.0201. The fourth-order valence-corrected chi connectivity index (χ4v) is 3.59. The molecule has 2 aromatic carbocycles. The lowest BCUT2D eigenvalue weighted by atomic mass is 10.1. The normalized spacial score (nSPS) is 16.7. The van der Waals surface area contributed by atoms with Gasteiger partial charge in [-0.1, -0.05) is 12.1 Å². The Morgan fingerprint density at radius 3 is 2.44 bits per heavy atom. The lowest BCUT2D eigenvalue weighted by Gasteiger charge is -2.11. The standard InChI is InChI=1S/C18H19N3O5S/c1-11-17(22)20-15-7-6-14(9-16(15)21-18(11)23)27(24,25)19-10-12-4-3-5-13(8-12)26-2/h3-9,11,19H,10H2,1-2H3,(H,20,22)(H,21,23). The molecule has 3 N–H and O–H groups in total. The second-order valence-corrected chi connectivity index (χ2v) is 7.85. The Morgan fingerprint density at radius 2 is 1.74 bits per heavy atom. The molecule has 1 heterocycles. The molecule has 1 aliphatic rings. The number of rotatable bonds is 5. The minimum Gasteiger partial charge on any atom is -0.497 e. The van der Waals surface area contributed by atoms with E-state index in [1.165, 1.54) is 32.2 Å². The van der Waals surface area contributed by atoms with Crippen molar-refractivity contribution in [2.24, 2.45) is 5.92 Å². The molecular weight excluding hydrogens is 370 g/mol. The van der Waals surface area contributed by atoms with Gasteiger partial charge in [0.25, 0.3) is 0 Å². The van der Waals surface area contributed by atoms with Gasteiger partial charge < -0.3 is 15.4 Å². The van der Waals surface area contributed by atoms with Gasteiger partial charge in [0.15, 0.2) is 0 Å². The van der Waals surface area contributed by atoms with Crippen LogP contribution < -0.4 is 20.1 Å². The van der Waals surface area contributed by atoms with E-state index < -0.39 is 27.8 Å². The Hall–Kier alpha value is -2.91. The average molecular weight is 389 g/mol. The van der Waals surface area contributed by atoms with Crippen molar-refractivity contribution < 1.29 is 22.7 Å². The van der Waals surface area contributed by atoms with Crippen LogP contribution in [-0.2, 0) is 26.2 Å². The van der Waals surface area contributed by atoms with Crippen LogP contribution in [0.3, 0.4) is 0 Å². The van der Waals surface area contributed by atoms with Crippen LogP contribution in [0.4, 0.5) is 11.4 Å². The zero-order chi connectivity index (χ0) is 19.6. The van der Waals surface area contributed by atoms with Gasteiger partial charge in [-0.15, -0.1) is 0 Å². The van der Waals surface area contributed by atoms with Crippen LogP contribution in [0, 0.1) is 5.92 Å². The van der Waals surface area contributed by atoms with Crippen LogP contribution in [0.1, 0.15) is 12.5 Å². The molecule has 0 aromatic heterocycles. The van der Waals surface area contributed by atoms with Crippen LogP contribution in [0.2, 0.25) is 0 Å². The first-order valence-corrected chi connectivity index (χ1v) is 9.67. The summed E-state index contributed by atoms with van der Waals surface area (Å²) in [6, 6.07) is 11.2. The van der Waals surface area contributed by atoms with E-state index in [-0.39, 0.29) is 17.1 Å². The van der Waals surface area contributed by atoms with Crippen LogP contribution in [0.5, 0.6) is 5.75 Å². The maximum atomic E-state index is 12.6. The number of carbonyl (C=O) groups excluding carboxylic acids is 2. The van der Waals surface area contributed by atoms with Gasteiger partial charge in [-0.25, -0.2) is 13.1 Å². The predicted octanol–water partition coefficient (Wildman–Crippen LogP) is 1.70. The smallest absolute Gasteiger partial charge is 0.240 e. The van der Waals surface area contributed by atoms with Crippen LogP contribution in [0.15, 0.2) is 47.4 Å². The van der Waals surface area contributed by atoms with Crippen molar-refractivity contribution >= 4 is 33.2 Å².